The lowest BCUT2D eigenvalue weighted by Gasteiger charge is -2.17. The molecule has 1 heterocycles. The van der Waals surface area contributed by atoms with Crippen LogP contribution in [0.15, 0.2) is 60.7 Å². The standard InChI is InChI=1S/C27H28N2O3/c1-18-4-10-22(15-23(18)20-7-5-19(6-8-20)16-29(2)3)28-26(30)27(12-13-27)21-9-11-24-25(14-21)32-17-31-24/h4-11,14-15H,12-13,16-17H2,1-3H3,(H,28,30). The van der Waals surface area contributed by atoms with Crippen molar-refractivity contribution in [1.82, 2.24) is 4.90 Å². The fourth-order valence-electron chi connectivity index (χ4n) is 4.38. The highest BCUT2D eigenvalue weighted by molar-refractivity contribution is 6.02. The van der Waals surface area contributed by atoms with Gasteiger partial charge in [-0.15, -0.1) is 0 Å². The van der Waals surface area contributed by atoms with Crippen molar-refractivity contribution in [1.29, 1.82) is 0 Å². The van der Waals surface area contributed by atoms with E-state index in [0.717, 1.165) is 53.3 Å². The van der Waals surface area contributed by atoms with Crippen molar-refractivity contribution in [3.63, 3.8) is 0 Å². The Labute approximate surface area is 189 Å². The van der Waals surface area contributed by atoms with E-state index in [4.69, 9.17) is 9.47 Å². The summed E-state index contributed by atoms with van der Waals surface area (Å²) in [6.07, 6.45) is 1.68. The van der Waals surface area contributed by atoms with Crippen molar-refractivity contribution in [2.75, 3.05) is 26.2 Å². The molecule has 1 saturated carbocycles. The second kappa shape index (κ2) is 7.99. The topological polar surface area (TPSA) is 50.8 Å². The van der Waals surface area contributed by atoms with Gasteiger partial charge in [0.15, 0.2) is 11.5 Å². The predicted molar refractivity (Wildman–Crippen MR) is 126 cm³/mol. The zero-order valence-corrected chi connectivity index (χ0v) is 18.8. The summed E-state index contributed by atoms with van der Waals surface area (Å²) in [5, 5.41) is 3.17. The largest absolute Gasteiger partial charge is 0.454 e. The van der Waals surface area contributed by atoms with Gasteiger partial charge in [0.25, 0.3) is 0 Å². The van der Waals surface area contributed by atoms with Crippen LogP contribution in [0.1, 0.15) is 29.5 Å². The SMILES string of the molecule is Cc1ccc(NC(=O)C2(c3ccc4c(c3)OCO4)CC2)cc1-c1ccc(CN(C)C)cc1. The lowest BCUT2D eigenvalue weighted by Crippen LogP contribution is -2.27. The molecule has 1 fully saturated rings. The molecule has 0 unspecified atom stereocenters. The number of nitrogens with zero attached hydrogens (tertiary/aromatic N) is 1. The van der Waals surface area contributed by atoms with Crippen LogP contribution in [0.2, 0.25) is 0 Å². The Bertz CT molecular complexity index is 1160. The number of carbonyl (C=O) groups is 1. The highest BCUT2D eigenvalue weighted by Gasteiger charge is 2.51. The van der Waals surface area contributed by atoms with Crippen LogP contribution < -0.4 is 14.8 Å². The fraction of sp³-hybridized carbons (Fsp3) is 0.296. The van der Waals surface area contributed by atoms with Gasteiger partial charge in [-0.3, -0.25) is 4.79 Å². The molecular weight excluding hydrogens is 400 g/mol. The molecular formula is C27H28N2O3. The van der Waals surface area contributed by atoms with E-state index in [9.17, 15) is 4.79 Å². The summed E-state index contributed by atoms with van der Waals surface area (Å²) in [6, 6.07) is 20.6. The van der Waals surface area contributed by atoms with E-state index < -0.39 is 5.41 Å². The average molecular weight is 429 g/mol. The molecule has 3 aromatic carbocycles. The molecule has 1 aliphatic heterocycles. The Kier molecular flexibility index (Phi) is 5.14. The van der Waals surface area contributed by atoms with Gasteiger partial charge in [0, 0.05) is 12.2 Å². The summed E-state index contributed by atoms with van der Waals surface area (Å²) < 4.78 is 10.9. The molecule has 164 valence electrons. The van der Waals surface area contributed by atoms with Gasteiger partial charge in [0.05, 0.1) is 5.41 Å². The van der Waals surface area contributed by atoms with Crippen molar-refractivity contribution in [2.24, 2.45) is 0 Å². The molecule has 0 radical (unpaired) electrons. The Morgan fingerprint density at radius 2 is 1.72 bits per heavy atom. The van der Waals surface area contributed by atoms with Crippen molar-refractivity contribution >= 4 is 11.6 Å². The zero-order valence-electron chi connectivity index (χ0n) is 18.8. The summed E-state index contributed by atoms with van der Waals surface area (Å²) in [5.74, 6) is 1.49. The maximum Gasteiger partial charge on any atom is 0.235 e. The first-order valence-corrected chi connectivity index (χ1v) is 11.0. The highest BCUT2D eigenvalue weighted by atomic mass is 16.7. The van der Waals surface area contributed by atoms with E-state index in [-0.39, 0.29) is 12.7 Å². The van der Waals surface area contributed by atoms with E-state index in [1.807, 2.05) is 24.3 Å². The molecule has 3 aromatic rings. The minimum atomic E-state index is -0.486. The molecule has 5 nitrogen and oxygen atoms in total. The molecule has 5 rings (SSSR count). The van der Waals surface area contributed by atoms with Crippen LogP contribution in [-0.2, 0) is 16.8 Å². The normalized spacial score (nSPS) is 15.6. The van der Waals surface area contributed by atoms with E-state index in [2.05, 4.69) is 67.6 Å². The average Bonchev–Trinajstić information content (AvgIpc) is 3.46. The third-order valence-corrected chi connectivity index (χ3v) is 6.37. The third kappa shape index (κ3) is 3.84. The van der Waals surface area contributed by atoms with E-state index in [1.54, 1.807) is 0 Å². The van der Waals surface area contributed by atoms with Crippen LogP contribution in [-0.4, -0.2) is 31.7 Å². The number of benzene rings is 3. The molecule has 1 aliphatic carbocycles. The number of hydrogen-bond donors (Lipinski definition) is 1. The summed E-state index contributed by atoms with van der Waals surface area (Å²) in [5.41, 5.74) is 6.06. The lowest BCUT2D eigenvalue weighted by atomic mass is 9.94. The Hall–Kier alpha value is -3.31. The van der Waals surface area contributed by atoms with Crippen LogP contribution in [0.4, 0.5) is 5.69 Å². The minimum Gasteiger partial charge on any atom is -0.454 e. The van der Waals surface area contributed by atoms with E-state index in [0.29, 0.717) is 0 Å². The number of carbonyl (C=O) groups excluding carboxylic acids is 1. The number of nitrogens with one attached hydrogen (secondary N) is 1. The number of rotatable bonds is 6. The third-order valence-electron chi connectivity index (χ3n) is 6.37. The molecule has 1 N–H and O–H groups in total. The number of ether oxygens (including phenoxy) is 2. The van der Waals surface area contributed by atoms with Gasteiger partial charge < -0.3 is 19.7 Å². The quantitative estimate of drug-likeness (QED) is 0.592. The van der Waals surface area contributed by atoms with Gasteiger partial charge in [-0.25, -0.2) is 0 Å². The first-order chi connectivity index (χ1) is 15.4. The first kappa shape index (κ1) is 20.6. The second-order valence-corrected chi connectivity index (χ2v) is 9.07. The summed E-state index contributed by atoms with van der Waals surface area (Å²) >= 11 is 0. The molecule has 0 spiro atoms. The van der Waals surface area contributed by atoms with Crippen molar-refractivity contribution in [3.8, 4) is 22.6 Å². The predicted octanol–water partition coefficient (Wildman–Crippen LogP) is 5.12. The van der Waals surface area contributed by atoms with Gasteiger partial charge >= 0.3 is 0 Å². The highest BCUT2D eigenvalue weighted by Crippen LogP contribution is 2.51. The monoisotopic (exact) mass is 428 g/mol. The summed E-state index contributed by atoms with van der Waals surface area (Å²) in [6.45, 7) is 3.25. The Balaban J connectivity index is 1.36. The number of fused-ring (bicyclic) bond motifs is 1. The summed E-state index contributed by atoms with van der Waals surface area (Å²) in [7, 11) is 4.14. The van der Waals surface area contributed by atoms with Gasteiger partial charge in [-0.05, 0) is 85.9 Å². The fourth-order valence-corrected chi connectivity index (χ4v) is 4.38. The smallest absolute Gasteiger partial charge is 0.235 e. The van der Waals surface area contributed by atoms with Crippen molar-refractivity contribution < 1.29 is 14.3 Å². The lowest BCUT2D eigenvalue weighted by molar-refractivity contribution is -0.118. The number of aryl methyl sites for hydroxylation is 1. The zero-order chi connectivity index (χ0) is 22.3. The Morgan fingerprint density at radius 3 is 2.44 bits per heavy atom. The molecule has 2 aliphatic rings. The molecule has 0 saturated heterocycles. The second-order valence-electron chi connectivity index (χ2n) is 9.07. The molecule has 32 heavy (non-hydrogen) atoms. The maximum atomic E-state index is 13.3. The van der Waals surface area contributed by atoms with E-state index >= 15 is 0 Å². The van der Waals surface area contributed by atoms with Gasteiger partial charge in [-0.1, -0.05) is 36.4 Å². The summed E-state index contributed by atoms with van der Waals surface area (Å²) in [4.78, 5) is 15.4. The van der Waals surface area contributed by atoms with Gasteiger partial charge in [-0.2, -0.15) is 0 Å². The first-order valence-electron chi connectivity index (χ1n) is 11.0. The molecule has 5 heteroatoms. The van der Waals surface area contributed by atoms with E-state index in [1.165, 1.54) is 11.1 Å². The molecule has 0 atom stereocenters. The minimum absolute atomic E-state index is 0.0347. The molecule has 0 bridgehead atoms. The van der Waals surface area contributed by atoms with Crippen molar-refractivity contribution in [3.05, 3.63) is 77.4 Å². The van der Waals surface area contributed by atoms with Crippen LogP contribution in [0.5, 0.6) is 11.5 Å². The molecule has 1 amide bonds. The van der Waals surface area contributed by atoms with Gasteiger partial charge in [0.2, 0.25) is 12.7 Å². The number of hydrogen-bond acceptors (Lipinski definition) is 4. The Morgan fingerprint density at radius 1 is 0.969 bits per heavy atom. The molecule has 0 aromatic heterocycles. The maximum absolute atomic E-state index is 13.3. The van der Waals surface area contributed by atoms with Crippen LogP contribution in [0.25, 0.3) is 11.1 Å². The van der Waals surface area contributed by atoms with Crippen molar-refractivity contribution in [2.45, 2.75) is 31.7 Å². The number of amides is 1. The van der Waals surface area contributed by atoms with Crippen LogP contribution in [0, 0.1) is 6.92 Å². The number of anilines is 1. The van der Waals surface area contributed by atoms with Gasteiger partial charge in [0.1, 0.15) is 0 Å². The van der Waals surface area contributed by atoms with Crippen LogP contribution >= 0.6 is 0 Å². The van der Waals surface area contributed by atoms with Crippen LogP contribution in [0.3, 0.4) is 0 Å².